The first-order valence-electron chi connectivity index (χ1n) is 16.6. The standard InChI is InChI=1S/C35H41F9O3/c1-2-3-4-5-20-6-8-21(9-7-20)24-18-45-33(46-19-24)22-10-12-25(13-11-22)35(43,44)47-26-16-27(36)31(28(37)17-26)23-14-29(38)32(30(39)15-23)34(40,41)42/h14-17,20-22,24-25,33H,2-13,18-19H2,1H3. The van der Waals surface area contributed by atoms with Crippen LogP contribution >= 0.6 is 0 Å². The Morgan fingerprint density at radius 1 is 0.681 bits per heavy atom. The molecule has 0 spiro atoms. The second kappa shape index (κ2) is 15.0. The largest absolute Gasteiger partial charge is 0.432 e. The maximum Gasteiger partial charge on any atom is 0.422 e. The second-order valence-corrected chi connectivity index (χ2v) is 13.4. The normalized spacial score (nSPS) is 27.5. The first-order chi connectivity index (χ1) is 22.3. The van der Waals surface area contributed by atoms with Gasteiger partial charge in [0.25, 0.3) is 0 Å². The molecule has 5 rings (SSSR count). The Labute approximate surface area is 269 Å². The molecule has 0 N–H and O–H groups in total. The van der Waals surface area contributed by atoms with Crippen LogP contribution in [0.15, 0.2) is 24.3 Å². The summed E-state index contributed by atoms with van der Waals surface area (Å²) < 4.78 is 144. The number of hydrogen-bond acceptors (Lipinski definition) is 3. The molecule has 2 saturated carbocycles. The minimum absolute atomic E-state index is 0.0551. The summed E-state index contributed by atoms with van der Waals surface area (Å²) in [6.07, 6.45) is 1.22. The smallest absolute Gasteiger partial charge is 0.422 e. The van der Waals surface area contributed by atoms with E-state index in [0.29, 0.717) is 50.0 Å². The van der Waals surface area contributed by atoms with Gasteiger partial charge in [-0.15, -0.1) is 0 Å². The van der Waals surface area contributed by atoms with Gasteiger partial charge in [0.2, 0.25) is 0 Å². The van der Waals surface area contributed by atoms with Gasteiger partial charge in [0.15, 0.2) is 6.29 Å². The lowest BCUT2D eigenvalue weighted by Gasteiger charge is -2.41. The van der Waals surface area contributed by atoms with Crippen LogP contribution in [0, 0.1) is 52.9 Å². The minimum Gasteiger partial charge on any atom is -0.432 e. The fourth-order valence-corrected chi connectivity index (χ4v) is 7.55. The van der Waals surface area contributed by atoms with E-state index in [1.54, 1.807) is 0 Å². The van der Waals surface area contributed by atoms with Crippen LogP contribution in [-0.4, -0.2) is 25.6 Å². The Balaban J connectivity index is 1.12. The molecule has 0 atom stereocenters. The Bertz CT molecular complexity index is 1290. The molecule has 12 heteroatoms. The highest BCUT2D eigenvalue weighted by atomic mass is 19.4. The van der Waals surface area contributed by atoms with Gasteiger partial charge in [0, 0.05) is 24.0 Å². The predicted octanol–water partition coefficient (Wildman–Crippen LogP) is 11.1. The van der Waals surface area contributed by atoms with Crippen molar-refractivity contribution in [3.63, 3.8) is 0 Å². The molecule has 47 heavy (non-hydrogen) atoms. The highest BCUT2D eigenvalue weighted by Gasteiger charge is 2.46. The van der Waals surface area contributed by atoms with Crippen molar-refractivity contribution >= 4 is 0 Å². The summed E-state index contributed by atoms with van der Waals surface area (Å²) in [7, 11) is 0. The molecule has 3 fully saturated rings. The van der Waals surface area contributed by atoms with Crippen molar-refractivity contribution in [1.82, 2.24) is 0 Å². The lowest BCUT2D eigenvalue weighted by Crippen LogP contribution is -2.43. The van der Waals surface area contributed by atoms with Gasteiger partial charge in [-0.1, -0.05) is 45.4 Å². The molecule has 1 heterocycles. The van der Waals surface area contributed by atoms with Crippen LogP contribution in [0.2, 0.25) is 0 Å². The monoisotopic (exact) mass is 680 g/mol. The fraction of sp³-hybridized carbons (Fsp3) is 0.657. The average molecular weight is 681 g/mol. The number of rotatable bonds is 10. The van der Waals surface area contributed by atoms with E-state index in [0.717, 1.165) is 5.92 Å². The van der Waals surface area contributed by atoms with Gasteiger partial charge >= 0.3 is 12.3 Å². The zero-order valence-electron chi connectivity index (χ0n) is 26.3. The van der Waals surface area contributed by atoms with E-state index < -0.39 is 70.2 Å². The third-order valence-electron chi connectivity index (χ3n) is 10.2. The molecule has 0 unspecified atom stereocenters. The number of ether oxygens (including phenoxy) is 3. The quantitative estimate of drug-likeness (QED) is 0.185. The summed E-state index contributed by atoms with van der Waals surface area (Å²) in [5.74, 6) is -7.71. The van der Waals surface area contributed by atoms with Gasteiger partial charge in [-0.2, -0.15) is 22.0 Å². The van der Waals surface area contributed by atoms with E-state index >= 15 is 8.78 Å². The van der Waals surface area contributed by atoms with Crippen LogP contribution in [0.4, 0.5) is 39.5 Å². The van der Waals surface area contributed by atoms with Gasteiger partial charge in [0.05, 0.1) is 24.7 Å². The summed E-state index contributed by atoms with van der Waals surface area (Å²) in [6, 6.07) is 1.07. The van der Waals surface area contributed by atoms with Gasteiger partial charge in [0.1, 0.15) is 34.6 Å². The molecule has 3 aliphatic rings. The lowest BCUT2D eigenvalue weighted by molar-refractivity contribution is -0.251. The Kier molecular flexibility index (Phi) is 11.4. The zero-order chi connectivity index (χ0) is 33.9. The van der Waals surface area contributed by atoms with Crippen molar-refractivity contribution in [3.05, 3.63) is 53.1 Å². The molecule has 2 aromatic rings. The molecular weight excluding hydrogens is 639 g/mol. The Hall–Kier alpha value is -2.47. The number of alkyl halides is 5. The van der Waals surface area contributed by atoms with Gasteiger partial charge in [-0.3, -0.25) is 0 Å². The van der Waals surface area contributed by atoms with E-state index in [1.165, 1.54) is 51.4 Å². The molecule has 0 amide bonds. The number of benzene rings is 2. The molecule has 2 aliphatic carbocycles. The number of hydrogen-bond donors (Lipinski definition) is 0. The van der Waals surface area contributed by atoms with E-state index in [9.17, 15) is 30.7 Å². The Morgan fingerprint density at radius 3 is 1.77 bits per heavy atom. The zero-order valence-corrected chi connectivity index (χ0v) is 26.3. The van der Waals surface area contributed by atoms with Gasteiger partial charge in [-0.25, -0.2) is 17.6 Å². The third-order valence-corrected chi connectivity index (χ3v) is 10.2. The molecule has 3 nitrogen and oxygen atoms in total. The minimum atomic E-state index is -5.38. The molecule has 0 aromatic heterocycles. The van der Waals surface area contributed by atoms with Crippen molar-refractivity contribution in [1.29, 1.82) is 0 Å². The van der Waals surface area contributed by atoms with E-state index in [-0.39, 0.29) is 30.9 Å². The first-order valence-corrected chi connectivity index (χ1v) is 16.6. The van der Waals surface area contributed by atoms with E-state index in [2.05, 4.69) is 6.92 Å². The van der Waals surface area contributed by atoms with Crippen molar-refractivity contribution in [2.45, 2.75) is 103 Å². The fourth-order valence-electron chi connectivity index (χ4n) is 7.55. The van der Waals surface area contributed by atoms with Crippen LogP contribution in [0.25, 0.3) is 11.1 Å². The molecular formula is C35H41F9O3. The van der Waals surface area contributed by atoms with Crippen LogP contribution in [0.5, 0.6) is 5.75 Å². The predicted molar refractivity (Wildman–Crippen MR) is 157 cm³/mol. The first kappa shape index (κ1) is 35.8. The van der Waals surface area contributed by atoms with E-state index in [4.69, 9.17) is 14.2 Å². The summed E-state index contributed by atoms with van der Waals surface area (Å²) >= 11 is 0. The van der Waals surface area contributed by atoms with Crippen molar-refractivity contribution in [2.24, 2.45) is 29.6 Å². The van der Waals surface area contributed by atoms with Crippen molar-refractivity contribution in [3.8, 4) is 16.9 Å². The number of halogens is 9. The molecule has 0 radical (unpaired) electrons. The lowest BCUT2D eigenvalue weighted by atomic mass is 9.74. The summed E-state index contributed by atoms with van der Waals surface area (Å²) in [4.78, 5) is 0. The van der Waals surface area contributed by atoms with Crippen LogP contribution < -0.4 is 4.74 Å². The molecule has 262 valence electrons. The number of unbranched alkanes of at least 4 members (excludes halogenated alkanes) is 2. The highest BCUT2D eigenvalue weighted by Crippen LogP contribution is 2.44. The third kappa shape index (κ3) is 8.58. The molecule has 1 saturated heterocycles. The van der Waals surface area contributed by atoms with Crippen LogP contribution in [0.1, 0.15) is 89.5 Å². The van der Waals surface area contributed by atoms with Crippen LogP contribution in [0.3, 0.4) is 0 Å². The molecule has 1 aliphatic heterocycles. The van der Waals surface area contributed by atoms with Crippen molar-refractivity contribution in [2.75, 3.05) is 13.2 Å². The SMILES string of the molecule is CCCCCC1CCC(C2COC(C3CCC(C(F)(F)Oc4cc(F)c(-c5cc(F)c(C(F)(F)F)c(F)c5)c(F)c4)CC3)OC2)CC1. The van der Waals surface area contributed by atoms with Crippen molar-refractivity contribution < 1.29 is 53.7 Å². The average Bonchev–Trinajstić information content (AvgIpc) is 3.00. The summed E-state index contributed by atoms with van der Waals surface area (Å²) in [5.41, 5.74) is -4.17. The molecule has 0 bridgehead atoms. The maximum atomic E-state index is 15.1. The van der Waals surface area contributed by atoms with E-state index in [1.807, 2.05) is 0 Å². The summed E-state index contributed by atoms with van der Waals surface area (Å²) in [6.45, 7) is 3.40. The highest BCUT2D eigenvalue weighted by molar-refractivity contribution is 5.66. The summed E-state index contributed by atoms with van der Waals surface area (Å²) in [5, 5.41) is 0. The Morgan fingerprint density at radius 2 is 1.23 bits per heavy atom. The topological polar surface area (TPSA) is 27.7 Å². The maximum absolute atomic E-state index is 15.1. The van der Waals surface area contributed by atoms with Gasteiger partial charge < -0.3 is 14.2 Å². The van der Waals surface area contributed by atoms with Crippen LogP contribution in [-0.2, 0) is 15.7 Å². The van der Waals surface area contributed by atoms with Gasteiger partial charge in [-0.05, 0) is 68.1 Å². The second-order valence-electron chi connectivity index (χ2n) is 13.4. The molecule has 2 aromatic carbocycles.